The highest BCUT2D eigenvalue weighted by Crippen LogP contribution is 2.33. The summed E-state index contributed by atoms with van der Waals surface area (Å²) in [6, 6.07) is 6.97. The second-order valence-corrected chi connectivity index (χ2v) is 6.97. The number of hydrogen-bond acceptors (Lipinski definition) is 2. The Morgan fingerprint density at radius 2 is 1.95 bits per heavy atom. The second-order valence-electron chi connectivity index (χ2n) is 6.97. The van der Waals surface area contributed by atoms with Gasteiger partial charge in [-0.1, -0.05) is 32.9 Å². The van der Waals surface area contributed by atoms with Gasteiger partial charge in [0.05, 0.1) is 0 Å². The van der Waals surface area contributed by atoms with Crippen LogP contribution in [0.3, 0.4) is 0 Å². The van der Waals surface area contributed by atoms with Gasteiger partial charge in [0.1, 0.15) is 11.9 Å². The van der Waals surface area contributed by atoms with E-state index in [9.17, 15) is 0 Å². The molecule has 2 heteroatoms. The summed E-state index contributed by atoms with van der Waals surface area (Å²) in [4.78, 5) is 0. The van der Waals surface area contributed by atoms with Crippen LogP contribution in [0.25, 0.3) is 0 Å². The average Bonchev–Trinajstić information content (AvgIpc) is 2.43. The van der Waals surface area contributed by atoms with E-state index in [2.05, 4.69) is 58.1 Å². The van der Waals surface area contributed by atoms with Crippen LogP contribution < -0.4 is 10.1 Å². The third-order valence-electron chi connectivity index (χ3n) is 4.65. The standard InChI is InChI=1S/C19H31NO/c1-6-9-20-17-11-14(3)10-16(5)19(17)21-18-12-13(2)7-8-15(18)4/h7-8,12,14,16-17,19-20H,6,9-11H2,1-5H3. The van der Waals surface area contributed by atoms with Gasteiger partial charge in [0.25, 0.3) is 0 Å². The minimum Gasteiger partial charge on any atom is -0.488 e. The SMILES string of the molecule is CCCNC1CC(C)CC(C)C1Oc1cc(C)ccc1C. The van der Waals surface area contributed by atoms with Crippen molar-refractivity contribution >= 4 is 0 Å². The molecule has 1 fully saturated rings. The number of ether oxygens (including phenoxy) is 1. The van der Waals surface area contributed by atoms with Crippen molar-refractivity contribution in [1.29, 1.82) is 0 Å². The van der Waals surface area contributed by atoms with Gasteiger partial charge in [0, 0.05) is 6.04 Å². The summed E-state index contributed by atoms with van der Waals surface area (Å²) < 4.78 is 6.47. The van der Waals surface area contributed by atoms with Crippen molar-refractivity contribution < 1.29 is 4.74 Å². The van der Waals surface area contributed by atoms with Gasteiger partial charge in [-0.2, -0.15) is 0 Å². The van der Waals surface area contributed by atoms with Gasteiger partial charge in [-0.3, -0.25) is 0 Å². The van der Waals surface area contributed by atoms with Crippen LogP contribution in [0.1, 0.15) is 51.2 Å². The van der Waals surface area contributed by atoms with Crippen LogP contribution >= 0.6 is 0 Å². The normalized spacial score (nSPS) is 29.4. The molecule has 1 aliphatic carbocycles. The lowest BCUT2D eigenvalue weighted by molar-refractivity contribution is 0.0472. The molecule has 1 saturated carbocycles. The molecule has 1 aromatic carbocycles. The molecule has 0 heterocycles. The van der Waals surface area contributed by atoms with Crippen LogP contribution in [-0.4, -0.2) is 18.7 Å². The minimum absolute atomic E-state index is 0.285. The third-order valence-corrected chi connectivity index (χ3v) is 4.65. The second kappa shape index (κ2) is 7.31. The molecule has 1 aliphatic rings. The summed E-state index contributed by atoms with van der Waals surface area (Å²) in [5.41, 5.74) is 2.51. The van der Waals surface area contributed by atoms with Crippen LogP contribution in [0.4, 0.5) is 0 Å². The molecule has 0 bridgehead atoms. The van der Waals surface area contributed by atoms with Crippen LogP contribution in [0.5, 0.6) is 5.75 Å². The first kappa shape index (κ1) is 16.4. The number of aryl methyl sites for hydroxylation is 2. The summed E-state index contributed by atoms with van der Waals surface area (Å²) in [7, 11) is 0. The highest BCUT2D eigenvalue weighted by Gasteiger charge is 2.35. The monoisotopic (exact) mass is 289 g/mol. The number of benzene rings is 1. The fourth-order valence-corrected chi connectivity index (χ4v) is 3.54. The summed E-state index contributed by atoms with van der Waals surface area (Å²) in [6.45, 7) is 12.3. The van der Waals surface area contributed by atoms with E-state index >= 15 is 0 Å². The molecule has 0 saturated heterocycles. The number of hydrogen-bond donors (Lipinski definition) is 1. The van der Waals surface area contributed by atoms with E-state index in [1.165, 1.54) is 30.4 Å². The first-order valence-electron chi connectivity index (χ1n) is 8.48. The molecule has 0 aromatic heterocycles. The first-order chi connectivity index (χ1) is 10.0. The number of nitrogens with one attached hydrogen (secondary N) is 1. The van der Waals surface area contributed by atoms with Crippen LogP contribution in [0.15, 0.2) is 18.2 Å². The van der Waals surface area contributed by atoms with Gasteiger partial charge in [0.2, 0.25) is 0 Å². The van der Waals surface area contributed by atoms with Gasteiger partial charge in [0.15, 0.2) is 0 Å². The Morgan fingerprint density at radius 3 is 2.67 bits per heavy atom. The zero-order valence-electron chi connectivity index (χ0n) is 14.3. The predicted molar refractivity (Wildman–Crippen MR) is 90.0 cm³/mol. The summed E-state index contributed by atoms with van der Waals surface area (Å²) in [6.07, 6.45) is 3.95. The lowest BCUT2D eigenvalue weighted by Gasteiger charge is -2.40. The Balaban J connectivity index is 2.14. The van der Waals surface area contributed by atoms with Gasteiger partial charge in [-0.25, -0.2) is 0 Å². The predicted octanol–water partition coefficient (Wildman–Crippen LogP) is 4.49. The van der Waals surface area contributed by atoms with Crippen molar-refractivity contribution in [3.8, 4) is 5.75 Å². The maximum Gasteiger partial charge on any atom is 0.122 e. The molecule has 0 spiro atoms. The van der Waals surface area contributed by atoms with Crippen LogP contribution in [0.2, 0.25) is 0 Å². The van der Waals surface area contributed by atoms with Gasteiger partial charge >= 0.3 is 0 Å². The summed E-state index contributed by atoms with van der Waals surface area (Å²) >= 11 is 0. The van der Waals surface area contributed by atoms with Crippen LogP contribution in [0, 0.1) is 25.7 Å². The molecular formula is C19H31NO. The van der Waals surface area contributed by atoms with E-state index in [0.717, 1.165) is 18.2 Å². The Labute approximate surface area is 130 Å². The Kier molecular flexibility index (Phi) is 5.69. The fourth-order valence-electron chi connectivity index (χ4n) is 3.54. The molecule has 0 amide bonds. The third kappa shape index (κ3) is 4.23. The molecule has 21 heavy (non-hydrogen) atoms. The molecule has 4 atom stereocenters. The average molecular weight is 289 g/mol. The maximum absolute atomic E-state index is 6.47. The van der Waals surface area contributed by atoms with Gasteiger partial charge in [-0.15, -0.1) is 0 Å². The molecule has 118 valence electrons. The zero-order valence-corrected chi connectivity index (χ0v) is 14.3. The molecule has 0 aliphatic heterocycles. The fraction of sp³-hybridized carbons (Fsp3) is 0.684. The smallest absolute Gasteiger partial charge is 0.122 e. The van der Waals surface area contributed by atoms with E-state index in [1.54, 1.807) is 0 Å². The van der Waals surface area contributed by atoms with Crippen molar-refractivity contribution in [2.45, 2.75) is 66.0 Å². The molecule has 0 radical (unpaired) electrons. The van der Waals surface area contributed by atoms with Crippen molar-refractivity contribution in [3.05, 3.63) is 29.3 Å². The van der Waals surface area contributed by atoms with E-state index in [-0.39, 0.29) is 6.10 Å². The Morgan fingerprint density at radius 1 is 1.19 bits per heavy atom. The van der Waals surface area contributed by atoms with Gasteiger partial charge in [-0.05, 0) is 68.7 Å². The topological polar surface area (TPSA) is 21.3 Å². The van der Waals surface area contributed by atoms with Crippen molar-refractivity contribution in [2.75, 3.05) is 6.54 Å². The summed E-state index contributed by atoms with van der Waals surface area (Å²) in [5, 5.41) is 3.71. The Hall–Kier alpha value is -1.02. The van der Waals surface area contributed by atoms with Crippen LogP contribution in [-0.2, 0) is 0 Å². The molecule has 1 aromatic rings. The van der Waals surface area contributed by atoms with Crippen molar-refractivity contribution in [2.24, 2.45) is 11.8 Å². The van der Waals surface area contributed by atoms with E-state index in [0.29, 0.717) is 12.0 Å². The summed E-state index contributed by atoms with van der Waals surface area (Å²) in [5.74, 6) is 2.44. The number of rotatable bonds is 5. The quantitative estimate of drug-likeness (QED) is 0.862. The lowest BCUT2D eigenvalue weighted by Crippen LogP contribution is -2.51. The van der Waals surface area contributed by atoms with E-state index < -0.39 is 0 Å². The maximum atomic E-state index is 6.47. The van der Waals surface area contributed by atoms with Gasteiger partial charge < -0.3 is 10.1 Å². The first-order valence-corrected chi connectivity index (χ1v) is 8.48. The highest BCUT2D eigenvalue weighted by molar-refractivity contribution is 5.36. The largest absolute Gasteiger partial charge is 0.488 e. The van der Waals surface area contributed by atoms with E-state index in [1.807, 2.05) is 0 Å². The lowest BCUT2D eigenvalue weighted by atomic mass is 9.78. The highest BCUT2D eigenvalue weighted by atomic mass is 16.5. The molecule has 2 nitrogen and oxygen atoms in total. The van der Waals surface area contributed by atoms with Crippen molar-refractivity contribution in [3.63, 3.8) is 0 Å². The molecule has 1 N–H and O–H groups in total. The van der Waals surface area contributed by atoms with Crippen molar-refractivity contribution in [1.82, 2.24) is 5.32 Å². The molecule has 4 unspecified atom stereocenters. The minimum atomic E-state index is 0.285. The Bertz CT molecular complexity index is 457. The molecule has 2 rings (SSSR count). The molecular weight excluding hydrogens is 258 g/mol. The zero-order chi connectivity index (χ0) is 15.4. The van der Waals surface area contributed by atoms with E-state index in [4.69, 9.17) is 4.74 Å².